The van der Waals surface area contributed by atoms with Gasteiger partial charge in [0.2, 0.25) is 0 Å². The van der Waals surface area contributed by atoms with E-state index in [1.807, 2.05) is 25.3 Å². The van der Waals surface area contributed by atoms with Crippen LogP contribution in [0.3, 0.4) is 0 Å². The second-order valence-corrected chi connectivity index (χ2v) is 4.55. The van der Waals surface area contributed by atoms with E-state index in [-0.39, 0.29) is 12.1 Å². The largest absolute Gasteiger partial charge is 0.380 e. The van der Waals surface area contributed by atoms with Crippen LogP contribution in [0.1, 0.15) is 19.0 Å². The summed E-state index contributed by atoms with van der Waals surface area (Å²) in [6, 6.07) is 4.30. The minimum Gasteiger partial charge on any atom is -0.380 e. The Hall–Kier alpha value is -1.13. The highest BCUT2D eigenvalue weighted by molar-refractivity contribution is 5.43. The minimum absolute atomic E-state index is 0.276. The van der Waals surface area contributed by atoms with Crippen molar-refractivity contribution in [3.8, 4) is 0 Å². The molecule has 2 heterocycles. The van der Waals surface area contributed by atoms with E-state index in [1.54, 1.807) is 0 Å². The van der Waals surface area contributed by atoms with Crippen LogP contribution in [0.5, 0.6) is 0 Å². The summed E-state index contributed by atoms with van der Waals surface area (Å²) in [6.07, 6.45) is 3.11. The molecule has 1 aliphatic rings. The van der Waals surface area contributed by atoms with Gasteiger partial charge in [-0.05, 0) is 32.4 Å². The number of aryl methyl sites for hydroxylation is 1. The molecule has 2 rings (SSSR count). The Morgan fingerprint density at radius 1 is 1.65 bits per heavy atom. The summed E-state index contributed by atoms with van der Waals surface area (Å²) >= 11 is 0. The van der Waals surface area contributed by atoms with Gasteiger partial charge >= 0.3 is 0 Å². The first kappa shape index (κ1) is 12.3. The highest BCUT2D eigenvalue weighted by atomic mass is 16.5. The van der Waals surface area contributed by atoms with Crippen molar-refractivity contribution in [2.45, 2.75) is 32.4 Å². The molecule has 0 bridgehead atoms. The highest BCUT2D eigenvalue weighted by Gasteiger charge is 2.16. The molecule has 17 heavy (non-hydrogen) atoms. The van der Waals surface area contributed by atoms with Gasteiger partial charge in [-0.3, -0.25) is 4.98 Å². The highest BCUT2D eigenvalue weighted by Crippen LogP contribution is 2.11. The van der Waals surface area contributed by atoms with Gasteiger partial charge in [-0.15, -0.1) is 0 Å². The zero-order valence-electron chi connectivity index (χ0n) is 10.5. The number of ether oxygens (including phenoxy) is 2. The third-order valence-corrected chi connectivity index (χ3v) is 2.78. The molecule has 2 unspecified atom stereocenters. The maximum atomic E-state index is 5.76. The molecule has 0 spiro atoms. The van der Waals surface area contributed by atoms with E-state index < -0.39 is 0 Å². The summed E-state index contributed by atoms with van der Waals surface area (Å²) in [5, 5.41) is 3.40. The number of nitrogens with one attached hydrogen (secondary N) is 1. The zero-order valence-corrected chi connectivity index (χ0v) is 10.5. The van der Waals surface area contributed by atoms with E-state index in [1.165, 1.54) is 0 Å². The average molecular weight is 236 g/mol. The van der Waals surface area contributed by atoms with E-state index >= 15 is 0 Å². The summed E-state index contributed by atoms with van der Waals surface area (Å²) in [5.74, 6) is 0. The van der Waals surface area contributed by atoms with Gasteiger partial charge in [-0.1, -0.05) is 0 Å². The van der Waals surface area contributed by atoms with Crippen LogP contribution < -0.4 is 5.32 Å². The second kappa shape index (κ2) is 5.98. The molecule has 1 aliphatic heterocycles. The van der Waals surface area contributed by atoms with E-state index in [2.05, 4.69) is 17.2 Å². The molecule has 4 heteroatoms. The molecule has 0 amide bonds. The lowest BCUT2D eigenvalue weighted by atomic mass is 10.2. The van der Waals surface area contributed by atoms with Crippen LogP contribution in [0, 0.1) is 6.92 Å². The molecule has 0 aliphatic carbocycles. The van der Waals surface area contributed by atoms with E-state index in [0.717, 1.165) is 31.0 Å². The van der Waals surface area contributed by atoms with Crippen LogP contribution in [0.4, 0.5) is 5.69 Å². The number of aromatic nitrogens is 1. The first-order chi connectivity index (χ1) is 8.24. The Morgan fingerprint density at radius 3 is 3.24 bits per heavy atom. The summed E-state index contributed by atoms with van der Waals surface area (Å²) in [7, 11) is 0. The Morgan fingerprint density at radius 2 is 2.53 bits per heavy atom. The van der Waals surface area contributed by atoms with Crippen LogP contribution in [0.2, 0.25) is 0 Å². The number of hydrogen-bond acceptors (Lipinski definition) is 4. The third kappa shape index (κ3) is 3.98. The normalized spacial score (nSPS) is 21.4. The molecule has 4 nitrogen and oxygen atoms in total. The maximum absolute atomic E-state index is 5.76. The fraction of sp³-hybridized carbons (Fsp3) is 0.615. The van der Waals surface area contributed by atoms with Gasteiger partial charge in [0, 0.05) is 30.2 Å². The van der Waals surface area contributed by atoms with Crippen LogP contribution >= 0.6 is 0 Å². The van der Waals surface area contributed by atoms with Crippen molar-refractivity contribution >= 4 is 5.69 Å². The lowest BCUT2D eigenvalue weighted by molar-refractivity contribution is 0.0395. The zero-order chi connectivity index (χ0) is 12.1. The van der Waals surface area contributed by atoms with E-state index in [0.29, 0.717) is 6.61 Å². The fourth-order valence-corrected chi connectivity index (χ4v) is 1.89. The van der Waals surface area contributed by atoms with Gasteiger partial charge in [0.1, 0.15) is 0 Å². The SMILES string of the molecule is Cc1cc(NC(C)COC2CCOC2)ccn1. The quantitative estimate of drug-likeness (QED) is 0.849. The number of pyridine rings is 1. The van der Waals surface area contributed by atoms with E-state index in [9.17, 15) is 0 Å². The second-order valence-electron chi connectivity index (χ2n) is 4.55. The monoisotopic (exact) mass is 236 g/mol. The molecule has 94 valence electrons. The lowest BCUT2D eigenvalue weighted by Crippen LogP contribution is -2.25. The van der Waals surface area contributed by atoms with Crippen LogP contribution in [0.15, 0.2) is 18.3 Å². The molecule has 1 fully saturated rings. The molecule has 0 aromatic carbocycles. The molecule has 1 N–H and O–H groups in total. The van der Waals surface area contributed by atoms with Gasteiger partial charge in [0.05, 0.1) is 19.3 Å². The summed E-state index contributed by atoms with van der Waals surface area (Å²) in [4.78, 5) is 4.17. The predicted molar refractivity (Wildman–Crippen MR) is 67.2 cm³/mol. The number of anilines is 1. The van der Waals surface area contributed by atoms with E-state index in [4.69, 9.17) is 9.47 Å². The molecule has 0 radical (unpaired) electrons. The molecule has 2 atom stereocenters. The van der Waals surface area contributed by atoms with Crippen molar-refractivity contribution in [1.29, 1.82) is 0 Å². The summed E-state index contributed by atoms with van der Waals surface area (Å²) in [5.41, 5.74) is 2.11. The first-order valence-corrected chi connectivity index (χ1v) is 6.12. The Balaban J connectivity index is 1.74. The predicted octanol–water partition coefficient (Wildman–Crippen LogP) is 2.00. The Kier molecular flexibility index (Phi) is 4.34. The molecule has 1 aromatic rings. The van der Waals surface area contributed by atoms with Gasteiger partial charge < -0.3 is 14.8 Å². The van der Waals surface area contributed by atoms with Gasteiger partial charge in [0.15, 0.2) is 0 Å². The maximum Gasteiger partial charge on any atom is 0.0831 e. The van der Waals surface area contributed by atoms with Gasteiger partial charge in [-0.2, -0.15) is 0 Å². The molecule has 1 saturated heterocycles. The third-order valence-electron chi connectivity index (χ3n) is 2.78. The van der Waals surface area contributed by atoms with Crippen molar-refractivity contribution in [2.75, 3.05) is 25.1 Å². The molecule has 1 aromatic heterocycles. The number of nitrogens with zero attached hydrogens (tertiary/aromatic N) is 1. The lowest BCUT2D eigenvalue weighted by Gasteiger charge is -2.18. The summed E-state index contributed by atoms with van der Waals surface area (Å²) in [6.45, 7) is 6.38. The van der Waals surface area contributed by atoms with Crippen molar-refractivity contribution in [1.82, 2.24) is 4.98 Å². The Bertz CT molecular complexity index is 351. The summed E-state index contributed by atoms with van der Waals surface area (Å²) < 4.78 is 11.0. The van der Waals surface area contributed by atoms with Crippen molar-refractivity contribution < 1.29 is 9.47 Å². The topological polar surface area (TPSA) is 43.4 Å². The van der Waals surface area contributed by atoms with Crippen LogP contribution in [-0.2, 0) is 9.47 Å². The Labute approximate surface area is 102 Å². The molecule has 0 saturated carbocycles. The number of rotatable bonds is 5. The average Bonchev–Trinajstić information content (AvgIpc) is 2.79. The van der Waals surface area contributed by atoms with Gasteiger partial charge in [-0.25, -0.2) is 0 Å². The minimum atomic E-state index is 0.276. The van der Waals surface area contributed by atoms with Crippen LogP contribution in [-0.4, -0.2) is 37.0 Å². The van der Waals surface area contributed by atoms with Crippen molar-refractivity contribution in [3.63, 3.8) is 0 Å². The standard InChI is InChI=1S/C13H20N2O2/c1-10-7-12(3-5-14-10)15-11(2)8-17-13-4-6-16-9-13/h3,5,7,11,13H,4,6,8-9H2,1-2H3,(H,14,15). The van der Waals surface area contributed by atoms with Crippen molar-refractivity contribution in [2.24, 2.45) is 0 Å². The van der Waals surface area contributed by atoms with Crippen molar-refractivity contribution in [3.05, 3.63) is 24.0 Å². The molecular formula is C13H20N2O2. The first-order valence-electron chi connectivity index (χ1n) is 6.12. The fourth-order valence-electron chi connectivity index (χ4n) is 1.89. The van der Waals surface area contributed by atoms with Crippen LogP contribution in [0.25, 0.3) is 0 Å². The van der Waals surface area contributed by atoms with Gasteiger partial charge in [0.25, 0.3) is 0 Å². The molecular weight excluding hydrogens is 216 g/mol. The smallest absolute Gasteiger partial charge is 0.0831 e. The number of hydrogen-bond donors (Lipinski definition) is 1.